The average molecular weight is 237 g/mol. The van der Waals surface area contributed by atoms with Gasteiger partial charge in [-0.05, 0) is 36.9 Å². The lowest BCUT2D eigenvalue weighted by Gasteiger charge is -2.14. The summed E-state index contributed by atoms with van der Waals surface area (Å²) in [4.78, 5) is 0. The number of aliphatic hydroxyl groups is 2. The molecule has 0 aliphatic rings. The van der Waals surface area contributed by atoms with Crippen molar-refractivity contribution in [2.45, 2.75) is 32.2 Å². The molecule has 0 bridgehead atoms. The van der Waals surface area contributed by atoms with Gasteiger partial charge in [0.05, 0.1) is 6.61 Å². The number of aliphatic hydroxyl groups excluding tert-OH is 2. The van der Waals surface area contributed by atoms with Crippen LogP contribution >= 0.6 is 0 Å². The molecule has 1 aromatic carbocycles. The summed E-state index contributed by atoms with van der Waals surface area (Å²) in [5.41, 5.74) is 2.66. The Balaban J connectivity index is 2.29. The van der Waals surface area contributed by atoms with Crippen LogP contribution in [0.1, 0.15) is 24.5 Å². The molecule has 1 atom stereocenters. The van der Waals surface area contributed by atoms with Crippen molar-refractivity contribution >= 4 is 0 Å². The minimum absolute atomic E-state index is 0.00918. The Hall–Kier alpha value is -0.900. The second-order valence-electron chi connectivity index (χ2n) is 4.27. The second-order valence-corrected chi connectivity index (χ2v) is 4.27. The molecule has 3 nitrogen and oxygen atoms in total. The van der Waals surface area contributed by atoms with Gasteiger partial charge in [0.15, 0.2) is 0 Å². The summed E-state index contributed by atoms with van der Waals surface area (Å²) in [5, 5.41) is 21.1. The summed E-state index contributed by atoms with van der Waals surface area (Å²) in [6.07, 6.45) is 2.62. The maximum absolute atomic E-state index is 9.05. The van der Waals surface area contributed by atoms with Crippen molar-refractivity contribution in [1.82, 2.24) is 5.32 Å². The van der Waals surface area contributed by atoms with E-state index in [1.807, 2.05) is 0 Å². The predicted molar refractivity (Wildman–Crippen MR) is 70.1 cm³/mol. The van der Waals surface area contributed by atoms with Gasteiger partial charge in [-0.15, -0.1) is 0 Å². The van der Waals surface area contributed by atoms with Crippen LogP contribution in [-0.2, 0) is 12.8 Å². The highest BCUT2D eigenvalue weighted by molar-refractivity contribution is 5.22. The van der Waals surface area contributed by atoms with E-state index in [9.17, 15) is 0 Å². The van der Waals surface area contributed by atoms with E-state index in [2.05, 4.69) is 36.5 Å². The molecule has 0 aromatic heterocycles. The zero-order valence-electron chi connectivity index (χ0n) is 10.5. The van der Waals surface area contributed by atoms with E-state index in [1.165, 1.54) is 11.1 Å². The molecule has 1 aromatic rings. The molecular weight excluding hydrogens is 214 g/mol. The minimum Gasteiger partial charge on any atom is -0.396 e. The molecule has 0 spiro atoms. The normalized spacial score (nSPS) is 12.6. The fraction of sp³-hybridized carbons (Fsp3) is 0.571. The Morgan fingerprint density at radius 2 is 1.76 bits per heavy atom. The number of hydrogen-bond acceptors (Lipinski definition) is 3. The Labute approximate surface area is 103 Å². The second kappa shape index (κ2) is 8.23. The summed E-state index contributed by atoms with van der Waals surface area (Å²) in [7, 11) is 0. The zero-order chi connectivity index (χ0) is 12.5. The highest BCUT2D eigenvalue weighted by Gasteiger charge is 2.04. The van der Waals surface area contributed by atoms with Gasteiger partial charge in [0, 0.05) is 12.6 Å². The van der Waals surface area contributed by atoms with Crippen molar-refractivity contribution in [2.75, 3.05) is 19.8 Å². The van der Waals surface area contributed by atoms with Crippen molar-refractivity contribution in [3.05, 3.63) is 35.4 Å². The van der Waals surface area contributed by atoms with E-state index in [-0.39, 0.29) is 19.3 Å². The molecule has 96 valence electrons. The first kappa shape index (κ1) is 14.2. The quantitative estimate of drug-likeness (QED) is 0.635. The van der Waals surface area contributed by atoms with E-state index < -0.39 is 0 Å². The number of aryl methyl sites for hydroxylation is 1. The fourth-order valence-electron chi connectivity index (χ4n) is 1.78. The smallest absolute Gasteiger partial charge is 0.0585 e. The van der Waals surface area contributed by atoms with Gasteiger partial charge in [-0.2, -0.15) is 0 Å². The predicted octanol–water partition coefficient (Wildman–Crippen LogP) is 1.12. The monoisotopic (exact) mass is 237 g/mol. The number of benzene rings is 1. The molecule has 0 heterocycles. The van der Waals surface area contributed by atoms with Crippen LogP contribution in [0.2, 0.25) is 0 Å². The molecule has 17 heavy (non-hydrogen) atoms. The molecule has 0 saturated carbocycles. The summed E-state index contributed by atoms with van der Waals surface area (Å²) < 4.78 is 0. The topological polar surface area (TPSA) is 52.5 Å². The van der Waals surface area contributed by atoms with Crippen LogP contribution in [0.3, 0.4) is 0 Å². The Bertz CT molecular complexity index is 298. The van der Waals surface area contributed by atoms with Crippen molar-refractivity contribution in [2.24, 2.45) is 0 Å². The van der Waals surface area contributed by atoms with Gasteiger partial charge in [-0.25, -0.2) is 0 Å². The summed E-state index contributed by atoms with van der Waals surface area (Å²) in [6.45, 7) is 3.17. The van der Waals surface area contributed by atoms with E-state index in [0.29, 0.717) is 6.42 Å². The Kier molecular flexibility index (Phi) is 6.86. The third kappa shape index (κ3) is 5.31. The van der Waals surface area contributed by atoms with Gasteiger partial charge in [0.1, 0.15) is 0 Å². The summed E-state index contributed by atoms with van der Waals surface area (Å²) in [5.74, 6) is 0. The molecule has 0 saturated heterocycles. The standard InChI is InChI=1S/C14H23NO2/c1-2-12-3-5-13(6-4-12)7-9-15-14(11-17)8-10-16/h3-6,14-17H,2,7-11H2,1H3. The van der Waals surface area contributed by atoms with E-state index in [0.717, 1.165) is 19.4 Å². The van der Waals surface area contributed by atoms with E-state index >= 15 is 0 Å². The lowest BCUT2D eigenvalue weighted by atomic mass is 10.1. The molecule has 3 N–H and O–H groups in total. The van der Waals surface area contributed by atoms with Crippen molar-refractivity contribution < 1.29 is 10.2 Å². The van der Waals surface area contributed by atoms with Crippen LogP contribution in [0, 0.1) is 0 Å². The lowest BCUT2D eigenvalue weighted by Crippen LogP contribution is -2.34. The molecule has 3 heteroatoms. The maximum atomic E-state index is 9.05. The first-order chi connectivity index (χ1) is 8.30. The number of rotatable bonds is 8. The fourth-order valence-corrected chi connectivity index (χ4v) is 1.78. The largest absolute Gasteiger partial charge is 0.396 e. The number of nitrogens with one attached hydrogen (secondary N) is 1. The summed E-state index contributed by atoms with van der Waals surface area (Å²) >= 11 is 0. The Morgan fingerprint density at radius 3 is 2.29 bits per heavy atom. The molecule has 0 fully saturated rings. The third-order valence-electron chi connectivity index (χ3n) is 2.98. The average Bonchev–Trinajstić information content (AvgIpc) is 2.38. The SMILES string of the molecule is CCc1ccc(CCNC(CO)CCO)cc1. The van der Waals surface area contributed by atoms with Crippen LogP contribution in [0.25, 0.3) is 0 Å². The first-order valence-electron chi connectivity index (χ1n) is 6.33. The zero-order valence-corrected chi connectivity index (χ0v) is 10.5. The van der Waals surface area contributed by atoms with Crippen LogP contribution in [0.15, 0.2) is 24.3 Å². The third-order valence-corrected chi connectivity index (χ3v) is 2.98. The van der Waals surface area contributed by atoms with E-state index in [1.54, 1.807) is 0 Å². The molecule has 1 unspecified atom stereocenters. The highest BCUT2D eigenvalue weighted by atomic mass is 16.3. The molecular formula is C14H23NO2. The van der Waals surface area contributed by atoms with Crippen LogP contribution in [0.4, 0.5) is 0 Å². The first-order valence-corrected chi connectivity index (χ1v) is 6.33. The minimum atomic E-state index is 0.00918. The molecule has 0 amide bonds. The van der Waals surface area contributed by atoms with Crippen molar-refractivity contribution in [3.63, 3.8) is 0 Å². The number of hydrogen-bond donors (Lipinski definition) is 3. The highest BCUT2D eigenvalue weighted by Crippen LogP contribution is 2.05. The maximum Gasteiger partial charge on any atom is 0.0585 e. The van der Waals surface area contributed by atoms with Crippen LogP contribution in [0.5, 0.6) is 0 Å². The van der Waals surface area contributed by atoms with Gasteiger partial charge in [0.25, 0.3) is 0 Å². The molecule has 0 radical (unpaired) electrons. The van der Waals surface area contributed by atoms with Crippen molar-refractivity contribution in [3.8, 4) is 0 Å². The van der Waals surface area contributed by atoms with Gasteiger partial charge in [-0.1, -0.05) is 31.2 Å². The van der Waals surface area contributed by atoms with Crippen LogP contribution in [-0.4, -0.2) is 36.0 Å². The molecule has 1 rings (SSSR count). The van der Waals surface area contributed by atoms with Crippen LogP contribution < -0.4 is 5.32 Å². The Morgan fingerprint density at radius 1 is 1.12 bits per heavy atom. The molecule has 0 aliphatic carbocycles. The van der Waals surface area contributed by atoms with Crippen molar-refractivity contribution in [1.29, 1.82) is 0 Å². The summed E-state index contributed by atoms with van der Waals surface area (Å²) in [6, 6.07) is 8.63. The van der Waals surface area contributed by atoms with Gasteiger partial charge >= 0.3 is 0 Å². The van der Waals surface area contributed by atoms with Gasteiger partial charge in [0.2, 0.25) is 0 Å². The molecule has 0 aliphatic heterocycles. The van der Waals surface area contributed by atoms with Gasteiger partial charge < -0.3 is 15.5 Å². The lowest BCUT2D eigenvalue weighted by molar-refractivity contribution is 0.201. The van der Waals surface area contributed by atoms with Gasteiger partial charge in [-0.3, -0.25) is 0 Å². The van der Waals surface area contributed by atoms with E-state index in [4.69, 9.17) is 10.2 Å².